The minimum Gasteiger partial charge on any atom is -0.303 e. The average molecular weight is 189 g/mol. The lowest BCUT2D eigenvalue weighted by molar-refractivity contribution is 0.184. The first-order valence-corrected chi connectivity index (χ1v) is 5.60. The lowest BCUT2D eigenvalue weighted by Gasteiger charge is -2.32. The highest BCUT2D eigenvalue weighted by Crippen LogP contribution is 2.18. The molecule has 1 aliphatic heterocycles. The van der Waals surface area contributed by atoms with Crippen LogP contribution in [-0.4, -0.2) is 24.5 Å². The number of rotatable bonds is 2. The molecule has 1 aromatic rings. The molecule has 0 bridgehead atoms. The van der Waals surface area contributed by atoms with E-state index in [0.29, 0.717) is 0 Å². The molecular formula is C13H19N. The third kappa shape index (κ3) is 2.36. The lowest BCUT2D eigenvalue weighted by Crippen LogP contribution is -2.37. The van der Waals surface area contributed by atoms with Crippen LogP contribution in [0.25, 0.3) is 0 Å². The highest BCUT2D eigenvalue weighted by Gasteiger charge is 2.18. The molecule has 1 heterocycles. The zero-order chi connectivity index (χ0) is 9.80. The third-order valence-corrected chi connectivity index (χ3v) is 3.24. The summed E-state index contributed by atoms with van der Waals surface area (Å²) in [6.45, 7) is 1.28. The third-order valence-electron chi connectivity index (χ3n) is 3.24. The molecule has 1 fully saturated rings. The Bertz CT molecular complexity index is 268. The normalized spacial score (nSPS) is 23.6. The molecule has 1 saturated heterocycles. The number of benzene rings is 1. The summed E-state index contributed by atoms with van der Waals surface area (Å²) in [5.41, 5.74) is 1.48. The van der Waals surface area contributed by atoms with Crippen LogP contribution >= 0.6 is 0 Å². The molecule has 0 unspecified atom stereocenters. The summed E-state index contributed by atoms with van der Waals surface area (Å²) >= 11 is 0. The largest absolute Gasteiger partial charge is 0.303 e. The molecule has 2 rings (SSSR count). The lowest BCUT2D eigenvalue weighted by atomic mass is 9.96. The van der Waals surface area contributed by atoms with Gasteiger partial charge in [0.1, 0.15) is 0 Å². The summed E-state index contributed by atoms with van der Waals surface area (Å²) in [6.07, 6.45) is 5.37. The summed E-state index contributed by atoms with van der Waals surface area (Å²) < 4.78 is 0. The highest BCUT2D eigenvalue weighted by molar-refractivity contribution is 5.16. The van der Waals surface area contributed by atoms with Crippen LogP contribution < -0.4 is 0 Å². The quantitative estimate of drug-likeness (QED) is 0.691. The van der Waals surface area contributed by atoms with E-state index in [4.69, 9.17) is 0 Å². The van der Waals surface area contributed by atoms with E-state index in [-0.39, 0.29) is 0 Å². The van der Waals surface area contributed by atoms with Gasteiger partial charge in [-0.1, -0.05) is 36.8 Å². The van der Waals surface area contributed by atoms with E-state index in [9.17, 15) is 0 Å². The molecule has 1 aromatic carbocycles. The van der Waals surface area contributed by atoms with Crippen LogP contribution in [0.5, 0.6) is 0 Å². The van der Waals surface area contributed by atoms with E-state index < -0.39 is 0 Å². The van der Waals surface area contributed by atoms with E-state index in [0.717, 1.165) is 6.04 Å². The predicted molar refractivity (Wildman–Crippen MR) is 60.4 cm³/mol. The molecule has 76 valence electrons. The van der Waals surface area contributed by atoms with Crippen LogP contribution in [-0.2, 0) is 6.42 Å². The summed E-state index contributed by atoms with van der Waals surface area (Å²) in [7, 11) is 2.26. The fourth-order valence-electron chi connectivity index (χ4n) is 2.29. The van der Waals surface area contributed by atoms with Gasteiger partial charge in [0, 0.05) is 6.04 Å². The summed E-state index contributed by atoms with van der Waals surface area (Å²) in [5.74, 6) is 0. The Balaban J connectivity index is 1.96. The van der Waals surface area contributed by atoms with E-state index in [1.165, 1.54) is 37.8 Å². The van der Waals surface area contributed by atoms with Crippen molar-refractivity contribution in [2.45, 2.75) is 31.7 Å². The Labute approximate surface area is 86.7 Å². The van der Waals surface area contributed by atoms with Gasteiger partial charge in [0.05, 0.1) is 0 Å². The summed E-state index contributed by atoms with van der Waals surface area (Å²) in [6, 6.07) is 11.6. The molecule has 1 aliphatic rings. The molecule has 1 nitrogen and oxygen atoms in total. The zero-order valence-electron chi connectivity index (χ0n) is 8.95. The molecule has 0 radical (unpaired) electrons. The first-order valence-electron chi connectivity index (χ1n) is 5.60. The maximum atomic E-state index is 2.51. The second-order valence-corrected chi connectivity index (χ2v) is 4.32. The van der Waals surface area contributed by atoms with Crippen LogP contribution in [0.4, 0.5) is 0 Å². The molecule has 0 saturated carbocycles. The predicted octanol–water partition coefficient (Wildman–Crippen LogP) is 2.71. The Kier molecular flexibility index (Phi) is 3.20. The van der Waals surface area contributed by atoms with E-state index in [1.807, 2.05) is 0 Å². The van der Waals surface area contributed by atoms with Gasteiger partial charge in [-0.3, -0.25) is 0 Å². The van der Waals surface area contributed by atoms with Crippen LogP contribution in [0.15, 0.2) is 30.3 Å². The van der Waals surface area contributed by atoms with E-state index in [2.05, 4.69) is 42.3 Å². The van der Waals surface area contributed by atoms with Crippen LogP contribution in [0, 0.1) is 0 Å². The molecular weight excluding hydrogens is 170 g/mol. The Morgan fingerprint density at radius 2 is 2.00 bits per heavy atom. The first-order chi connectivity index (χ1) is 6.86. The van der Waals surface area contributed by atoms with Crippen molar-refractivity contribution in [1.29, 1.82) is 0 Å². The second-order valence-electron chi connectivity index (χ2n) is 4.32. The van der Waals surface area contributed by atoms with E-state index in [1.54, 1.807) is 0 Å². The average Bonchev–Trinajstić information content (AvgIpc) is 2.23. The minimum absolute atomic E-state index is 0.770. The molecule has 0 aromatic heterocycles. The van der Waals surface area contributed by atoms with Gasteiger partial charge in [0.25, 0.3) is 0 Å². The summed E-state index contributed by atoms with van der Waals surface area (Å²) in [5, 5.41) is 0. The van der Waals surface area contributed by atoms with Crippen molar-refractivity contribution in [2.75, 3.05) is 13.6 Å². The number of piperidine rings is 1. The van der Waals surface area contributed by atoms with E-state index >= 15 is 0 Å². The SMILES string of the molecule is CN1CCCC[C@H]1Cc1ccccc1. The summed E-state index contributed by atoms with van der Waals surface area (Å²) in [4.78, 5) is 2.51. The van der Waals surface area contributed by atoms with Crippen molar-refractivity contribution in [2.24, 2.45) is 0 Å². The Morgan fingerprint density at radius 1 is 1.21 bits per heavy atom. The minimum atomic E-state index is 0.770. The molecule has 0 N–H and O–H groups in total. The fourth-order valence-corrected chi connectivity index (χ4v) is 2.29. The molecule has 0 aliphatic carbocycles. The van der Waals surface area contributed by atoms with Crippen LogP contribution in [0.2, 0.25) is 0 Å². The molecule has 14 heavy (non-hydrogen) atoms. The van der Waals surface area contributed by atoms with Gasteiger partial charge < -0.3 is 4.90 Å². The maximum absolute atomic E-state index is 2.51. The highest BCUT2D eigenvalue weighted by atomic mass is 15.1. The van der Waals surface area contributed by atoms with Crippen LogP contribution in [0.3, 0.4) is 0 Å². The Hall–Kier alpha value is -0.820. The van der Waals surface area contributed by atoms with Gasteiger partial charge in [-0.15, -0.1) is 0 Å². The van der Waals surface area contributed by atoms with Gasteiger partial charge in [-0.2, -0.15) is 0 Å². The van der Waals surface area contributed by atoms with Crippen molar-refractivity contribution >= 4 is 0 Å². The standard InChI is InChI=1S/C13H19N/c1-14-10-6-5-9-13(14)11-12-7-3-2-4-8-12/h2-4,7-8,13H,5-6,9-11H2,1H3/t13-/m0/s1. The smallest absolute Gasteiger partial charge is 0.0133 e. The first kappa shape index (κ1) is 9.72. The molecule has 1 atom stereocenters. The van der Waals surface area contributed by atoms with Crippen molar-refractivity contribution in [3.05, 3.63) is 35.9 Å². The second kappa shape index (κ2) is 4.61. The molecule has 1 heteroatoms. The van der Waals surface area contributed by atoms with Crippen molar-refractivity contribution in [3.63, 3.8) is 0 Å². The van der Waals surface area contributed by atoms with Gasteiger partial charge >= 0.3 is 0 Å². The topological polar surface area (TPSA) is 3.24 Å². The van der Waals surface area contributed by atoms with Crippen LogP contribution in [0.1, 0.15) is 24.8 Å². The van der Waals surface area contributed by atoms with Gasteiger partial charge in [0.15, 0.2) is 0 Å². The number of likely N-dealkylation sites (tertiary alicyclic amines) is 1. The van der Waals surface area contributed by atoms with Crippen molar-refractivity contribution in [3.8, 4) is 0 Å². The monoisotopic (exact) mass is 189 g/mol. The number of nitrogens with zero attached hydrogens (tertiary/aromatic N) is 1. The molecule has 0 amide bonds. The van der Waals surface area contributed by atoms with Gasteiger partial charge in [0.2, 0.25) is 0 Å². The van der Waals surface area contributed by atoms with Gasteiger partial charge in [-0.25, -0.2) is 0 Å². The number of likely N-dealkylation sites (N-methyl/N-ethyl adjacent to an activating group) is 1. The number of hydrogen-bond acceptors (Lipinski definition) is 1. The fraction of sp³-hybridized carbons (Fsp3) is 0.538. The number of hydrogen-bond donors (Lipinski definition) is 0. The maximum Gasteiger partial charge on any atom is 0.0133 e. The molecule has 0 spiro atoms. The zero-order valence-corrected chi connectivity index (χ0v) is 8.95. The van der Waals surface area contributed by atoms with Crippen molar-refractivity contribution in [1.82, 2.24) is 4.90 Å². The van der Waals surface area contributed by atoms with Crippen molar-refractivity contribution < 1.29 is 0 Å². The van der Waals surface area contributed by atoms with Gasteiger partial charge in [-0.05, 0) is 38.4 Å². The Morgan fingerprint density at radius 3 is 2.71 bits per heavy atom.